The van der Waals surface area contributed by atoms with Crippen molar-refractivity contribution < 1.29 is 8.42 Å². The molecule has 2 rings (SSSR count). The molecule has 0 bridgehead atoms. The third-order valence-corrected chi connectivity index (χ3v) is 5.22. The molecule has 1 aromatic carbocycles. The Morgan fingerprint density at radius 1 is 1.24 bits per heavy atom. The van der Waals surface area contributed by atoms with Gasteiger partial charge in [-0.15, -0.1) is 0 Å². The van der Waals surface area contributed by atoms with E-state index in [2.05, 4.69) is 52.2 Å². The molecule has 0 amide bonds. The van der Waals surface area contributed by atoms with Crippen molar-refractivity contribution in [2.45, 2.75) is 20.8 Å². The Kier molecular flexibility index (Phi) is 6.66. The Morgan fingerprint density at radius 3 is 2.52 bits per heavy atom. The number of anilines is 1. The lowest BCUT2D eigenvalue weighted by Gasteiger charge is -2.38. The van der Waals surface area contributed by atoms with Crippen molar-refractivity contribution in [3.63, 3.8) is 0 Å². The van der Waals surface area contributed by atoms with Crippen molar-refractivity contribution in [1.82, 2.24) is 10.2 Å². The first-order valence-corrected chi connectivity index (χ1v) is 10.4. The van der Waals surface area contributed by atoms with E-state index in [9.17, 15) is 8.42 Å². The first-order chi connectivity index (χ1) is 11.8. The zero-order valence-corrected chi connectivity index (χ0v) is 16.1. The average molecular weight is 368 g/mol. The van der Waals surface area contributed by atoms with Crippen molar-refractivity contribution in [2.24, 2.45) is 10.1 Å². The van der Waals surface area contributed by atoms with Crippen LogP contribution in [0.3, 0.4) is 0 Å². The van der Waals surface area contributed by atoms with Crippen molar-refractivity contribution in [3.05, 3.63) is 29.3 Å². The molecule has 8 heteroatoms. The first-order valence-electron chi connectivity index (χ1n) is 8.66. The number of nitrogens with two attached hydrogens (primary N) is 1. The van der Waals surface area contributed by atoms with Gasteiger partial charge in [0.15, 0.2) is 5.96 Å². The van der Waals surface area contributed by atoms with Crippen molar-refractivity contribution >= 4 is 21.7 Å². The molecule has 1 aliphatic rings. The van der Waals surface area contributed by atoms with Gasteiger partial charge in [0.05, 0.1) is 12.3 Å². The molecule has 1 aliphatic heterocycles. The predicted octanol–water partition coefficient (Wildman–Crippen LogP) is 0.679. The van der Waals surface area contributed by atoms with Gasteiger partial charge in [0, 0.05) is 38.4 Å². The minimum atomic E-state index is -3.48. The molecule has 1 heterocycles. The second kappa shape index (κ2) is 8.53. The van der Waals surface area contributed by atoms with Crippen molar-refractivity contribution in [2.75, 3.05) is 49.9 Å². The summed E-state index contributed by atoms with van der Waals surface area (Å²) in [5.74, 6) is 0.622. The van der Waals surface area contributed by atoms with Gasteiger partial charge < -0.3 is 15.1 Å². The fraction of sp³-hybridized carbons (Fsp3) is 0.588. The molecule has 0 radical (unpaired) electrons. The van der Waals surface area contributed by atoms with Crippen LogP contribution in [-0.2, 0) is 10.0 Å². The van der Waals surface area contributed by atoms with E-state index in [-0.39, 0.29) is 12.3 Å². The second-order valence-electron chi connectivity index (χ2n) is 6.30. The molecule has 0 aromatic heterocycles. The molecule has 1 aromatic rings. The van der Waals surface area contributed by atoms with E-state index in [0.29, 0.717) is 0 Å². The number of rotatable bonds is 5. The molecule has 3 N–H and O–H groups in total. The second-order valence-corrected chi connectivity index (χ2v) is 8.03. The highest BCUT2D eigenvalue weighted by Gasteiger charge is 2.21. The van der Waals surface area contributed by atoms with Crippen LogP contribution in [0.4, 0.5) is 5.69 Å². The molecule has 0 aliphatic carbocycles. The summed E-state index contributed by atoms with van der Waals surface area (Å²) in [6.45, 7) is 10.7. The lowest BCUT2D eigenvalue weighted by Crippen LogP contribution is -2.52. The summed E-state index contributed by atoms with van der Waals surface area (Å²) in [5, 5.41) is 8.28. The van der Waals surface area contributed by atoms with Crippen LogP contribution in [0.1, 0.15) is 18.1 Å². The molecule has 7 nitrogen and oxygen atoms in total. The summed E-state index contributed by atoms with van der Waals surface area (Å²) in [7, 11) is -3.48. The Morgan fingerprint density at radius 2 is 1.92 bits per heavy atom. The summed E-state index contributed by atoms with van der Waals surface area (Å²) < 4.78 is 22.1. The fourth-order valence-corrected chi connectivity index (χ4v) is 3.29. The van der Waals surface area contributed by atoms with E-state index < -0.39 is 10.0 Å². The molecule has 1 fully saturated rings. The van der Waals surface area contributed by atoms with Gasteiger partial charge in [0.1, 0.15) is 0 Å². The van der Waals surface area contributed by atoms with Gasteiger partial charge in [-0.2, -0.15) is 0 Å². The third kappa shape index (κ3) is 5.61. The zero-order valence-electron chi connectivity index (χ0n) is 15.3. The van der Waals surface area contributed by atoms with E-state index in [1.807, 2.05) is 6.92 Å². The largest absolute Gasteiger partial charge is 0.368 e. The van der Waals surface area contributed by atoms with Gasteiger partial charge in [-0.3, -0.25) is 4.99 Å². The number of aliphatic imine (C=N–C) groups is 1. The number of nitrogens with one attached hydrogen (secondary N) is 1. The van der Waals surface area contributed by atoms with Crippen LogP contribution in [0.5, 0.6) is 0 Å². The smallest absolute Gasteiger partial charge is 0.210 e. The minimum absolute atomic E-state index is 0.135. The molecule has 140 valence electrons. The molecule has 0 atom stereocenters. The monoisotopic (exact) mass is 367 g/mol. The number of aryl methyl sites for hydroxylation is 1. The standard InChI is InChI=1S/C17H29N5O2S/c1-4-19-17(20-8-13-25(18,23)24)22-11-9-21(10-12-22)16-7-5-6-14(2)15(16)3/h5-7H,4,8-13H2,1-3H3,(H,19,20)(H2,18,23,24). The third-order valence-electron chi connectivity index (χ3n) is 4.47. The average Bonchev–Trinajstić information content (AvgIpc) is 2.56. The minimum Gasteiger partial charge on any atom is -0.368 e. The zero-order chi connectivity index (χ0) is 18.4. The highest BCUT2D eigenvalue weighted by atomic mass is 32.2. The SMILES string of the molecule is CCNC(=NCCS(N)(=O)=O)N1CCN(c2cccc(C)c2C)CC1. The van der Waals surface area contributed by atoms with Crippen LogP contribution >= 0.6 is 0 Å². The van der Waals surface area contributed by atoms with Gasteiger partial charge in [0.25, 0.3) is 0 Å². The molecule has 0 saturated carbocycles. The number of primary sulfonamides is 1. The Bertz CT molecular complexity index is 710. The van der Waals surface area contributed by atoms with E-state index in [1.54, 1.807) is 0 Å². The van der Waals surface area contributed by atoms with Gasteiger partial charge in [0.2, 0.25) is 10.0 Å². The van der Waals surface area contributed by atoms with E-state index in [0.717, 1.165) is 38.7 Å². The summed E-state index contributed by atoms with van der Waals surface area (Å²) in [6, 6.07) is 6.41. The molecule has 0 unspecified atom stereocenters. The van der Waals surface area contributed by atoms with Gasteiger partial charge in [-0.05, 0) is 38.0 Å². The Hall–Kier alpha value is -1.80. The molecular formula is C17H29N5O2S. The number of hydrogen-bond donors (Lipinski definition) is 2. The maximum Gasteiger partial charge on any atom is 0.210 e. The maximum absolute atomic E-state index is 11.1. The van der Waals surface area contributed by atoms with Crippen LogP contribution in [0, 0.1) is 13.8 Å². The molecule has 0 spiro atoms. The topological polar surface area (TPSA) is 91.0 Å². The number of hydrogen-bond acceptors (Lipinski definition) is 4. The Balaban J connectivity index is 2.00. The summed E-state index contributed by atoms with van der Waals surface area (Å²) in [5.41, 5.74) is 3.92. The Labute approximate surface area is 151 Å². The highest BCUT2D eigenvalue weighted by molar-refractivity contribution is 7.89. The number of nitrogens with zero attached hydrogens (tertiary/aromatic N) is 3. The van der Waals surface area contributed by atoms with E-state index >= 15 is 0 Å². The quantitative estimate of drug-likeness (QED) is 0.590. The lowest BCUT2D eigenvalue weighted by atomic mass is 10.1. The predicted molar refractivity (Wildman–Crippen MR) is 104 cm³/mol. The number of benzene rings is 1. The molecular weight excluding hydrogens is 338 g/mol. The lowest BCUT2D eigenvalue weighted by molar-refractivity contribution is 0.372. The van der Waals surface area contributed by atoms with Crippen LogP contribution in [0.2, 0.25) is 0 Å². The number of sulfonamides is 1. The van der Waals surface area contributed by atoms with Crippen LogP contribution < -0.4 is 15.4 Å². The van der Waals surface area contributed by atoms with Gasteiger partial charge in [-0.1, -0.05) is 12.1 Å². The van der Waals surface area contributed by atoms with E-state index in [1.165, 1.54) is 16.8 Å². The van der Waals surface area contributed by atoms with Crippen molar-refractivity contribution in [1.29, 1.82) is 0 Å². The number of piperazine rings is 1. The van der Waals surface area contributed by atoms with Gasteiger partial charge >= 0.3 is 0 Å². The van der Waals surface area contributed by atoms with Gasteiger partial charge in [-0.25, -0.2) is 13.6 Å². The molecule has 25 heavy (non-hydrogen) atoms. The van der Waals surface area contributed by atoms with Crippen LogP contribution in [0.15, 0.2) is 23.2 Å². The van der Waals surface area contributed by atoms with Crippen molar-refractivity contribution in [3.8, 4) is 0 Å². The summed E-state index contributed by atoms with van der Waals surface area (Å²) >= 11 is 0. The normalized spacial score (nSPS) is 16.2. The highest BCUT2D eigenvalue weighted by Crippen LogP contribution is 2.23. The summed E-state index contributed by atoms with van der Waals surface area (Å²) in [4.78, 5) is 8.98. The molecule has 1 saturated heterocycles. The van der Waals surface area contributed by atoms with E-state index in [4.69, 9.17) is 5.14 Å². The number of guanidine groups is 1. The fourth-order valence-electron chi connectivity index (χ4n) is 2.94. The maximum atomic E-state index is 11.1. The first kappa shape index (κ1) is 19.5. The van der Waals surface area contributed by atoms with Crippen LogP contribution in [0.25, 0.3) is 0 Å². The van der Waals surface area contributed by atoms with Crippen LogP contribution in [-0.4, -0.2) is 64.3 Å². The summed E-state index contributed by atoms with van der Waals surface area (Å²) in [6.07, 6.45) is 0.